The molecule has 3 unspecified atom stereocenters. The Kier molecular flexibility index (Phi) is 6.28. The molecule has 168 valence electrons. The Morgan fingerprint density at radius 1 is 1.26 bits per heavy atom. The number of rotatable bonds is 9. The van der Waals surface area contributed by atoms with Gasteiger partial charge in [-0.05, 0) is 50.4 Å². The van der Waals surface area contributed by atoms with E-state index < -0.39 is 6.10 Å². The van der Waals surface area contributed by atoms with Gasteiger partial charge in [0.05, 0.1) is 30.7 Å². The highest BCUT2D eigenvalue weighted by molar-refractivity contribution is 7.97. The Balaban J connectivity index is 1.15. The van der Waals surface area contributed by atoms with E-state index in [0.717, 1.165) is 23.4 Å². The van der Waals surface area contributed by atoms with Gasteiger partial charge in [-0.3, -0.25) is 8.99 Å². The predicted octanol–water partition coefficient (Wildman–Crippen LogP) is 3.63. The second kappa shape index (κ2) is 9.13. The third kappa shape index (κ3) is 5.45. The minimum absolute atomic E-state index is 0.402. The Morgan fingerprint density at radius 3 is 2.74 bits per heavy atom. The van der Waals surface area contributed by atoms with E-state index in [0.29, 0.717) is 29.4 Å². The molecule has 1 saturated heterocycles. The predicted molar refractivity (Wildman–Crippen MR) is 125 cm³/mol. The zero-order valence-corrected chi connectivity index (χ0v) is 19.3. The van der Waals surface area contributed by atoms with Gasteiger partial charge in [0.2, 0.25) is 5.95 Å². The fraction of sp³-hybridized carbons (Fsp3) is 0.667. The molecular formula is C21H30ClN7OS. The van der Waals surface area contributed by atoms with Crippen LogP contribution in [0.3, 0.4) is 0 Å². The molecule has 3 N–H and O–H groups in total. The Morgan fingerprint density at radius 2 is 2.03 bits per heavy atom. The van der Waals surface area contributed by atoms with Gasteiger partial charge in [0, 0.05) is 31.1 Å². The summed E-state index contributed by atoms with van der Waals surface area (Å²) in [5.74, 6) is 4.98. The van der Waals surface area contributed by atoms with Crippen molar-refractivity contribution in [2.45, 2.75) is 51.3 Å². The maximum Gasteiger partial charge on any atom is 0.229 e. The molecule has 5 rings (SSSR count). The van der Waals surface area contributed by atoms with Crippen molar-refractivity contribution in [1.82, 2.24) is 24.1 Å². The van der Waals surface area contributed by atoms with Crippen LogP contribution in [0.15, 0.2) is 18.6 Å². The normalized spacial score (nSPS) is 26.7. The number of hydrogen-bond acceptors (Lipinski definition) is 8. The topological polar surface area (TPSA) is 91.1 Å². The molecule has 2 aliphatic carbocycles. The molecule has 3 aliphatic rings. The van der Waals surface area contributed by atoms with Crippen LogP contribution in [-0.2, 0) is 6.54 Å². The van der Waals surface area contributed by atoms with Crippen molar-refractivity contribution in [2.75, 3.05) is 29.5 Å². The van der Waals surface area contributed by atoms with Gasteiger partial charge in [0.25, 0.3) is 0 Å². The average molecular weight is 464 g/mol. The number of hydrogen-bond donors (Lipinski definition) is 3. The molecular weight excluding hydrogens is 434 g/mol. The molecule has 0 aromatic carbocycles. The standard InChI is InChI=1S/C21H30ClN7OS/c1-13(30)8-28-11-18(6-24-28)26-21-23-7-19(22)20(27-21)25-17-4-15-9-29(10-16(15)5-17)31-12-14-2-3-14/h6-7,11,13-17,30H,2-5,8-10,12H2,1H3,(H2,23,25,26,27). The number of aliphatic hydroxyl groups is 1. The minimum Gasteiger partial charge on any atom is -0.391 e. The van der Waals surface area contributed by atoms with Gasteiger partial charge >= 0.3 is 0 Å². The molecule has 3 heterocycles. The van der Waals surface area contributed by atoms with Crippen molar-refractivity contribution < 1.29 is 5.11 Å². The lowest BCUT2D eigenvalue weighted by Crippen LogP contribution is -2.22. The van der Waals surface area contributed by atoms with Crippen LogP contribution < -0.4 is 10.6 Å². The van der Waals surface area contributed by atoms with E-state index >= 15 is 0 Å². The Labute approximate surface area is 192 Å². The van der Waals surface area contributed by atoms with E-state index in [1.54, 1.807) is 24.0 Å². The summed E-state index contributed by atoms with van der Waals surface area (Å²) in [6.07, 6.45) is 9.89. The maximum atomic E-state index is 9.50. The van der Waals surface area contributed by atoms with Crippen LogP contribution >= 0.6 is 23.5 Å². The minimum atomic E-state index is -0.454. The lowest BCUT2D eigenvalue weighted by molar-refractivity contribution is 0.168. The lowest BCUT2D eigenvalue weighted by atomic mass is 10.0. The highest BCUT2D eigenvalue weighted by Crippen LogP contribution is 2.43. The van der Waals surface area contributed by atoms with E-state index in [1.807, 2.05) is 6.20 Å². The second-order valence-corrected chi connectivity index (χ2v) is 10.7. The molecule has 0 amide bonds. The molecule has 0 bridgehead atoms. The SMILES string of the molecule is CC(O)Cn1cc(Nc2ncc(Cl)c(NC3CC4CN(SCC5CC5)CC4C3)n2)cn1. The number of halogens is 1. The van der Waals surface area contributed by atoms with Crippen molar-refractivity contribution >= 4 is 41.0 Å². The van der Waals surface area contributed by atoms with Crippen molar-refractivity contribution in [1.29, 1.82) is 0 Å². The number of aromatic nitrogens is 4. The first-order chi connectivity index (χ1) is 15.0. The van der Waals surface area contributed by atoms with Crippen LogP contribution in [0.5, 0.6) is 0 Å². The highest BCUT2D eigenvalue weighted by atomic mass is 35.5. The molecule has 31 heavy (non-hydrogen) atoms. The number of aliphatic hydroxyl groups excluding tert-OH is 1. The second-order valence-electron chi connectivity index (χ2n) is 9.23. The van der Waals surface area contributed by atoms with E-state index in [4.69, 9.17) is 11.6 Å². The Bertz CT molecular complexity index is 892. The summed E-state index contributed by atoms with van der Waals surface area (Å²) >= 11 is 8.46. The van der Waals surface area contributed by atoms with E-state index in [2.05, 4.69) is 42.0 Å². The van der Waals surface area contributed by atoms with Crippen LogP contribution in [0.2, 0.25) is 5.02 Å². The van der Waals surface area contributed by atoms with Crippen LogP contribution in [0.25, 0.3) is 0 Å². The van der Waals surface area contributed by atoms with Gasteiger partial charge in [0.15, 0.2) is 5.82 Å². The van der Waals surface area contributed by atoms with Crippen LogP contribution in [-0.4, -0.2) is 60.1 Å². The summed E-state index contributed by atoms with van der Waals surface area (Å²) in [5, 5.41) is 21.0. The van der Waals surface area contributed by atoms with Gasteiger partial charge in [-0.15, -0.1) is 0 Å². The molecule has 0 radical (unpaired) electrons. The van der Waals surface area contributed by atoms with Gasteiger partial charge in [0.1, 0.15) is 5.02 Å². The van der Waals surface area contributed by atoms with Crippen LogP contribution in [0, 0.1) is 17.8 Å². The fourth-order valence-corrected chi connectivity index (χ4v) is 6.12. The third-order valence-electron chi connectivity index (χ3n) is 6.33. The maximum absolute atomic E-state index is 9.50. The molecule has 2 saturated carbocycles. The molecule has 3 atom stereocenters. The van der Waals surface area contributed by atoms with Crippen LogP contribution in [0.1, 0.15) is 32.6 Å². The Hall–Kier alpha value is -1.55. The molecule has 2 aromatic heterocycles. The number of nitrogens with zero attached hydrogens (tertiary/aromatic N) is 5. The van der Waals surface area contributed by atoms with Crippen molar-refractivity contribution in [3.63, 3.8) is 0 Å². The van der Waals surface area contributed by atoms with Crippen molar-refractivity contribution in [2.24, 2.45) is 17.8 Å². The summed E-state index contributed by atoms with van der Waals surface area (Å²) in [6, 6.07) is 0.402. The molecule has 1 aliphatic heterocycles. The van der Waals surface area contributed by atoms with Gasteiger partial charge in [-0.2, -0.15) is 10.1 Å². The van der Waals surface area contributed by atoms with E-state index in [9.17, 15) is 5.11 Å². The zero-order valence-electron chi connectivity index (χ0n) is 17.7. The quantitative estimate of drug-likeness (QED) is 0.485. The summed E-state index contributed by atoms with van der Waals surface area (Å²) in [6.45, 7) is 4.59. The van der Waals surface area contributed by atoms with E-state index in [1.165, 1.54) is 44.5 Å². The summed E-state index contributed by atoms with van der Waals surface area (Å²) < 4.78 is 4.28. The monoisotopic (exact) mass is 463 g/mol. The average Bonchev–Trinajstić information content (AvgIpc) is 3.15. The molecule has 10 heteroatoms. The zero-order chi connectivity index (χ0) is 21.4. The van der Waals surface area contributed by atoms with Crippen molar-refractivity contribution in [3.8, 4) is 0 Å². The molecule has 2 aromatic rings. The highest BCUT2D eigenvalue weighted by Gasteiger charge is 2.41. The number of anilines is 3. The number of nitrogens with one attached hydrogen (secondary N) is 2. The van der Waals surface area contributed by atoms with Gasteiger partial charge < -0.3 is 15.7 Å². The first-order valence-electron chi connectivity index (χ1n) is 11.2. The van der Waals surface area contributed by atoms with Gasteiger partial charge in [-0.25, -0.2) is 4.98 Å². The number of fused-ring (bicyclic) bond motifs is 1. The molecule has 8 nitrogen and oxygen atoms in total. The smallest absolute Gasteiger partial charge is 0.229 e. The summed E-state index contributed by atoms with van der Waals surface area (Å²) in [4.78, 5) is 8.90. The third-order valence-corrected chi connectivity index (χ3v) is 7.89. The summed E-state index contributed by atoms with van der Waals surface area (Å²) in [5.41, 5.74) is 0.771. The van der Waals surface area contributed by atoms with Crippen molar-refractivity contribution in [3.05, 3.63) is 23.6 Å². The lowest BCUT2D eigenvalue weighted by Gasteiger charge is -2.19. The fourth-order valence-electron chi connectivity index (χ4n) is 4.63. The first-order valence-corrected chi connectivity index (χ1v) is 12.5. The summed E-state index contributed by atoms with van der Waals surface area (Å²) in [7, 11) is 0. The largest absolute Gasteiger partial charge is 0.391 e. The molecule has 0 spiro atoms. The van der Waals surface area contributed by atoms with Crippen LogP contribution in [0.4, 0.5) is 17.5 Å². The first kappa shape index (κ1) is 21.3. The molecule has 3 fully saturated rings. The van der Waals surface area contributed by atoms with E-state index in [-0.39, 0.29) is 0 Å². The van der Waals surface area contributed by atoms with Gasteiger partial charge in [-0.1, -0.05) is 23.5 Å².